The lowest BCUT2D eigenvalue weighted by molar-refractivity contribution is 0.118. The van der Waals surface area contributed by atoms with E-state index < -0.39 is 0 Å². The van der Waals surface area contributed by atoms with Gasteiger partial charge in [0.2, 0.25) is 0 Å². The molecule has 0 fully saturated rings. The molecular weight excluding hydrogens is 204 g/mol. The number of fused-ring (bicyclic) bond motifs is 1. The fraction of sp³-hybridized carbons (Fsp3) is 0.333. The van der Waals surface area contributed by atoms with Crippen molar-refractivity contribution in [1.82, 2.24) is 4.90 Å². The molecule has 4 heteroatoms. The van der Waals surface area contributed by atoms with E-state index >= 15 is 0 Å². The van der Waals surface area contributed by atoms with Crippen LogP contribution < -0.4 is 0 Å². The molecule has 1 aromatic carbocycles. The van der Waals surface area contributed by atoms with Crippen LogP contribution in [-0.2, 0) is 17.7 Å². The lowest BCUT2D eigenvalue weighted by atomic mass is 9.98. The number of benzene rings is 1. The van der Waals surface area contributed by atoms with Crippen LogP contribution in [0.15, 0.2) is 18.2 Å². The molecule has 1 aromatic rings. The van der Waals surface area contributed by atoms with Crippen molar-refractivity contribution in [3.05, 3.63) is 34.9 Å². The summed E-state index contributed by atoms with van der Waals surface area (Å²) in [6.45, 7) is 1.20. The van der Waals surface area contributed by atoms with Gasteiger partial charge in [0.1, 0.15) is 0 Å². The number of amides is 1. The van der Waals surface area contributed by atoms with Gasteiger partial charge in [0.15, 0.2) is 0 Å². The minimum absolute atomic E-state index is 0.312. The van der Waals surface area contributed by atoms with E-state index in [9.17, 15) is 4.79 Å². The fourth-order valence-electron chi connectivity index (χ4n) is 1.91. The van der Waals surface area contributed by atoms with E-state index in [0.717, 1.165) is 12.0 Å². The number of nitrogens with zero attached hydrogens (tertiary/aromatic N) is 2. The Kier molecular flexibility index (Phi) is 2.78. The second-order valence-corrected chi connectivity index (χ2v) is 3.74. The summed E-state index contributed by atoms with van der Waals surface area (Å²) >= 11 is 0. The number of hydrogen-bond donors (Lipinski definition) is 0. The molecule has 1 aliphatic heterocycles. The number of carbonyl (C=O) groups is 1. The molecule has 1 aliphatic rings. The third-order valence-electron chi connectivity index (χ3n) is 2.78. The minimum atomic E-state index is -0.312. The summed E-state index contributed by atoms with van der Waals surface area (Å²) in [7, 11) is 1.38. The van der Waals surface area contributed by atoms with E-state index in [1.54, 1.807) is 4.90 Å². The number of hydrogen-bond acceptors (Lipinski definition) is 3. The van der Waals surface area contributed by atoms with Gasteiger partial charge in [-0.15, -0.1) is 0 Å². The highest BCUT2D eigenvalue weighted by Crippen LogP contribution is 2.20. The first-order valence-electron chi connectivity index (χ1n) is 5.09. The van der Waals surface area contributed by atoms with Gasteiger partial charge < -0.3 is 9.64 Å². The van der Waals surface area contributed by atoms with E-state index in [1.807, 2.05) is 18.2 Å². The first kappa shape index (κ1) is 10.5. The molecule has 0 unspecified atom stereocenters. The Labute approximate surface area is 94.0 Å². The average Bonchev–Trinajstić information content (AvgIpc) is 2.36. The molecule has 1 heterocycles. The molecule has 2 rings (SSSR count). The predicted octanol–water partition coefficient (Wildman–Crippen LogP) is 1.68. The lowest BCUT2D eigenvalue weighted by Gasteiger charge is -2.27. The highest BCUT2D eigenvalue weighted by Gasteiger charge is 2.20. The number of nitriles is 1. The first-order chi connectivity index (χ1) is 7.74. The lowest BCUT2D eigenvalue weighted by Crippen LogP contribution is -2.35. The zero-order chi connectivity index (χ0) is 11.5. The van der Waals surface area contributed by atoms with Gasteiger partial charge in [0, 0.05) is 13.1 Å². The molecule has 0 saturated heterocycles. The molecule has 0 saturated carbocycles. The van der Waals surface area contributed by atoms with Crippen molar-refractivity contribution in [3.8, 4) is 6.07 Å². The number of carbonyl (C=O) groups excluding carboxylic acids is 1. The standard InChI is InChI=1S/C12H12N2O2/c1-16-12(15)14-5-4-10-3-2-9(7-13)6-11(10)8-14/h2-3,6H,4-5,8H2,1H3. The van der Waals surface area contributed by atoms with Crippen molar-refractivity contribution >= 4 is 6.09 Å². The van der Waals surface area contributed by atoms with Gasteiger partial charge in [-0.3, -0.25) is 0 Å². The van der Waals surface area contributed by atoms with E-state index in [0.29, 0.717) is 18.7 Å². The Hall–Kier alpha value is -2.02. The van der Waals surface area contributed by atoms with Crippen molar-refractivity contribution < 1.29 is 9.53 Å². The predicted molar refractivity (Wildman–Crippen MR) is 57.7 cm³/mol. The summed E-state index contributed by atoms with van der Waals surface area (Å²) in [4.78, 5) is 13.0. The van der Waals surface area contributed by atoms with Crippen LogP contribution in [0.2, 0.25) is 0 Å². The summed E-state index contributed by atoms with van der Waals surface area (Å²) in [5.41, 5.74) is 2.88. The van der Waals surface area contributed by atoms with Crippen LogP contribution in [0.5, 0.6) is 0 Å². The van der Waals surface area contributed by atoms with Crippen molar-refractivity contribution in [1.29, 1.82) is 5.26 Å². The maximum Gasteiger partial charge on any atom is 0.409 e. The molecule has 0 aromatic heterocycles. The van der Waals surface area contributed by atoms with E-state index in [4.69, 9.17) is 5.26 Å². The quantitative estimate of drug-likeness (QED) is 0.663. The second kappa shape index (κ2) is 4.23. The molecule has 16 heavy (non-hydrogen) atoms. The molecule has 1 amide bonds. The van der Waals surface area contributed by atoms with Crippen LogP contribution in [0.1, 0.15) is 16.7 Å². The van der Waals surface area contributed by atoms with Crippen molar-refractivity contribution in [2.45, 2.75) is 13.0 Å². The van der Waals surface area contributed by atoms with Gasteiger partial charge in [0.05, 0.1) is 18.7 Å². The molecule has 0 bridgehead atoms. The average molecular weight is 216 g/mol. The Morgan fingerprint density at radius 3 is 3.00 bits per heavy atom. The van der Waals surface area contributed by atoms with Crippen molar-refractivity contribution in [2.75, 3.05) is 13.7 Å². The summed E-state index contributed by atoms with van der Waals surface area (Å²) in [5, 5.41) is 8.81. The molecule has 4 nitrogen and oxygen atoms in total. The third-order valence-corrected chi connectivity index (χ3v) is 2.78. The van der Waals surface area contributed by atoms with Crippen molar-refractivity contribution in [2.24, 2.45) is 0 Å². The van der Waals surface area contributed by atoms with Gasteiger partial charge in [0.25, 0.3) is 0 Å². The third kappa shape index (κ3) is 1.84. The van der Waals surface area contributed by atoms with E-state index in [2.05, 4.69) is 10.8 Å². The molecule has 82 valence electrons. The molecule has 0 radical (unpaired) electrons. The van der Waals surface area contributed by atoms with Crippen LogP contribution in [-0.4, -0.2) is 24.6 Å². The Bertz CT molecular complexity index is 463. The number of methoxy groups -OCH3 is 1. The second-order valence-electron chi connectivity index (χ2n) is 3.74. The highest BCUT2D eigenvalue weighted by molar-refractivity contribution is 5.68. The topological polar surface area (TPSA) is 53.3 Å². The van der Waals surface area contributed by atoms with Gasteiger partial charge in [-0.2, -0.15) is 5.26 Å². The monoisotopic (exact) mass is 216 g/mol. The molecule has 0 atom stereocenters. The maximum absolute atomic E-state index is 11.4. The molecule has 0 aliphatic carbocycles. The van der Waals surface area contributed by atoms with Crippen LogP contribution in [0.25, 0.3) is 0 Å². The Morgan fingerprint density at radius 1 is 1.50 bits per heavy atom. The highest BCUT2D eigenvalue weighted by atomic mass is 16.5. The molecule has 0 N–H and O–H groups in total. The SMILES string of the molecule is COC(=O)N1CCc2ccc(C#N)cc2C1. The fourth-order valence-corrected chi connectivity index (χ4v) is 1.91. The normalized spacial score (nSPS) is 13.9. The summed E-state index contributed by atoms with van der Waals surface area (Å²) in [5.74, 6) is 0. The molecule has 0 spiro atoms. The van der Waals surface area contributed by atoms with E-state index in [-0.39, 0.29) is 6.09 Å². The largest absolute Gasteiger partial charge is 0.453 e. The number of ether oxygens (including phenoxy) is 1. The van der Waals surface area contributed by atoms with Gasteiger partial charge in [-0.1, -0.05) is 6.07 Å². The summed E-state index contributed by atoms with van der Waals surface area (Å²) in [6.07, 6.45) is 0.504. The van der Waals surface area contributed by atoms with Crippen LogP contribution in [0.4, 0.5) is 4.79 Å². The Balaban J connectivity index is 2.25. The smallest absolute Gasteiger partial charge is 0.409 e. The number of rotatable bonds is 0. The van der Waals surface area contributed by atoms with Crippen LogP contribution in [0.3, 0.4) is 0 Å². The summed E-state index contributed by atoms with van der Waals surface area (Å²) in [6, 6.07) is 7.71. The minimum Gasteiger partial charge on any atom is -0.453 e. The maximum atomic E-state index is 11.4. The summed E-state index contributed by atoms with van der Waals surface area (Å²) < 4.78 is 4.68. The van der Waals surface area contributed by atoms with Crippen LogP contribution >= 0.6 is 0 Å². The van der Waals surface area contributed by atoms with Gasteiger partial charge in [-0.05, 0) is 29.7 Å². The van der Waals surface area contributed by atoms with Gasteiger partial charge in [-0.25, -0.2) is 4.79 Å². The van der Waals surface area contributed by atoms with Gasteiger partial charge >= 0.3 is 6.09 Å². The van der Waals surface area contributed by atoms with Crippen LogP contribution in [0, 0.1) is 11.3 Å². The zero-order valence-corrected chi connectivity index (χ0v) is 9.06. The van der Waals surface area contributed by atoms with Crippen molar-refractivity contribution in [3.63, 3.8) is 0 Å². The van der Waals surface area contributed by atoms with E-state index in [1.165, 1.54) is 12.7 Å². The first-order valence-corrected chi connectivity index (χ1v) is 5.09. The Morgan fingerprint density at radius 2 is 2.31 bits per heavy atom. The zero-order valence-electron chi connectivity index (χ0n) is 9.06. The molecular formula is C12H12N2O2.